The van der Waals surface area contributed by atoms with Gasteiger partial charge >= 0.3 is 0 Å². The molecule has 0 aliphatic carbocycles. The number of halogens is 1. The van der Waals surface area contributed by atoms with Crippen LogP contribution in [-0.4, -0.2) is 18.1 Å². The van der Waals surface area contributed by atoms with Crippen molar-refractivity contribution in [2.45, 2.75) is 6.54 Å². The Morgan fingerprint density at radius 3 is 2.75 bits per heavy atom. The van der Waals surface area contributed by atoms with E-state index in [9.17, 15) is 9.18 Å². The predicted molar refractivity (Wildman–Crippen MR) is 75.2 cm³/mol. The maximum Gasteiger partial charge on any atom is 0.258 e. The lowest BCUT2D eigenvalue weighted by Gasteiger charge is -2.08. The molecule has 104 valence electrons. The number of carbonyl (C=O) groups is 1. The summed E-state index contributed by atoms with van der Waals surface area (Å²) in [6, 6.07) is 10.7. The van der Waals surface area contributed by atoms with Gasteiger partial charge in [0.05, 0.1) is 5.56 Å². The third-order valence-corrected chi connectivity index (χ3v) is 2.76. The lowest BCUT2D eigenvalue weighted by atomic mass is 10.1. The maximum atomic E-state index is 13.6. The van der Waals surface area contributed by atoms with Crippen LogP contribution in [0.15, 0.2) is 42.5 Å². The van der Waals surface area contributed by atoms with Gasteiger partial charge in [-0.3, -0.25) is 4.79 Å². The third-order valence-electron chi connectivity index (χ3n) is 2.76. The second-order valence-corrected chi connectivity index (χ2v) is 4.35. The molecule has 0 fully saturated rings. The zero-order chi connectivity index (χ0) is 14.5. The van der Waals surface area contributed by atoms with Crippen molar-refractivity contribution < 1.29 is 14.3 Å². The largest absolute Gasteiger partial charge is 0.508 e. The molecule has 5 heteroatoms. The number of phenols is 1. The number of carbonyl (C=O) groups excluding carboxylic acids is 1. The van der Waals surface area contributed by atoms with E-state index in [1.165, 1.54) is 12.1 Å². The minimum atomic E-state index is -0.756. The molecule has 0 atom stereocenters. The zero-order valence-corrected chi connectivity index (χ0v) is 11.0. The van der Waals surface area contributed by atoms with Gasteiger partial charge in [-0.25, -0.2) is 4.39 Å². The molecule has 2 aromatic rings. The van der Waals surface area contributed by atoms with Gasteiger partial charge in [0.1, 0.15) is 11.6 Å². The van der Waals surface area contributed by atoms with Crippen LogP contribution in [0.3, 0.4) is 0 Å². The van der Waals surface area contributed by atoms with Gasteiger partial charge in [0.25, 0.3) is 5.91 Å². The fraction of sp³-hybridized carbons (Fsp3) is 0.133. The van der Waals surface area contributed by atoms with E-state index in [4.69, 9.17) is 5.11 Å². The Morgan fingerprint density at radius 2 is 2.05 bits per heavy atom. The molecule has 0 aliphatic rings. The Hall–Kier alpha value is -2.40. The lowest BCUT2D eigenvalue weighted by molar-refractivity contribution is 0.102. The monoisotopic (exact) mass is 274 g/mol. The molecule has 2 rings (SSSR count). The second kappa shape index (κ2) is 6.16. The summed E-state index contributed by atoms with van der Waals surface area (Å²) >= 11 is 0. The SMILES string of the molecule is CNCc1cccc(NC(=O)c2ccc(O)cc2F)c1. The van der Waals surface area contributed by atoms with Crippen molar-refractivity contribution in [3.63, 3.8) is 0 Å². The Kier molecular flexibility index (Phi) is 4.32. The third kappa shape index (κ3) is 3.33. The van der Waals surface area contributed by atoms with Gasteiger partial charge in [-0.05, 0) is 36.9 Å². The first kappa shape index (κ1) is 14.0. The second-order valence-electron chi connectivity index (χ2n) is 4.35. The minimum Gasteiger partial charge on any atom is -0.508 e. The van der Waals surface area contributed by atoms with Gasteiger partial charge in [-0.1, -0.05) is 12.1 Å². The van der Waals surface area contributed by atoms with Crippen molar-refractivity contribution in [2.75, 3.05) is 12.4 Å². The van der Waals surface area contributed by atoms with Crippen molar-refractivity contribution in [2.24, 2.45) is 0 Å². The number of phenolic OH excluding ortho intramolecular Hbond substituents is 1. The van der Waals surface area contributed by atoms with Gasteiger partial charge < -0.3 is 15.7 Å². The summed E-state index contributed by atoms with van der Waals surface area (Å²) in [7, 11) is 1.83. The highest BCUT2D eigenvalue weighted by molar-refractivity contribution is 6.04. The first-order chi connectivity index (χ1) is 9.60. The standard InChI is InChI=1S/C15H15FN2O2/c1-17-9-10-3-2-4-11(7-10)18-15(20)13-6-5-12(19)8-14(13)16/h2-8,17,19H,9H2,1H3,(H,18,20). The molecule has 0 radical (unpaired) electrons. The van der Waals surface area contributed by atoms with Crippen LogP contribution in [0.2, 0.25) is 0 Å². The molecular weight excluding hydrogens is 259 g/mol. The number of hydrogen-bond donors (Lipinski definition) is 3. The highest BCUT2D eigenvalue weighted by Crippen LogP contribution is 2.17. The summed E-state index contributed by atoms with van der Waals surface area (Å²) in [5.74, 6) is -1.52. The van der Waals surface area contributed by atoms with E-state index in [-0.39, 0.29) is 11.3 Å². The van der Waals surface area contributed by atoms with Crippen molar-refractivity contribution in [1.82, 2.24) is 5.32 Å². The van der Waals surface area contributed by atoms with E-state index in [2.05, 4.69) is 10.6 Å². The van der Waals surface area contributed by atoms with Gasteiger partial charge in [-0.2, -0.15) is 0 Å². The fourth-order valence-electron chi connectivity index (χ4n) is 1.85. The van der Waals surface area contributed by atoms with Crippen LogP contribution in [0.25, 0.3) is 0 Å². The normalized spacial score (nSPS) is 10.3. The van der Waals surface area contributed by atoms with E-state index in [1.807, 2.05) is 25.2 Å². The van der Waals surface area contributed by atoms with Crippen molar-refractivity contribution >= 4 is 11.6 Å². The summed E-state index contributed by atoms with van der Waals surface area (Å²) in [6.07, 6.45) is 0. The van der Waals surface area contributed by atoms with Crippen LogP contribution < -0.4 is 10.6 Å². The number of benzene rings is 2. The quantitative estimate of drug-likeness (QED) is 0.802. The molecule has 20 heavy (non-hydrogen) atoms. The van der Waals surface area contributed by atoms with E-state index in [1.54, 1.807) is 6.07 Å². The van der Waals surface area contributed by atoms with Crippen molar-refractivity contribution in [3.8, 4) is 5.75 Å². The van der Waals surface area contributed by atoms with E-state index in [0.29, 0.717) is 12.2 Å². The fourth-order valence-corrected chi connectivity index (χ4v) is 1.85. The molecule has 0 saturated heterocycles. The summed E-state index contributed by atoms with van der Waals surface area (Å²) in [5, 5.41) is 14.8. The Labute approximate surface area is 116 Å². The van der Waals surface area contributed by atoms with Crippen molar-refractivity contribution in [1.29, 1.82) is 0 Å². The molecule has 0 spiro atoms. The lowest BCUT2D eigenvalue weighted by Crippen LogP contribution is -2.14. The summed E-state index contributed by atoms with van der Waals surface area (Å²) in [6.45, 7) is 0.678. The van der Waals surface area contributed by atoms with Gasteiger partial charge in [0, 0.05) is 18.3 Å². The number of anilines is 1. The van der Waals surface area contributed by atoms with Crippen LogP contribution >= 0.6 is 0 Å². The van der Waals surface area contributed by atoms with E-state index >= 15 is 0 Å². The van der Waals surface area contributed by atoms with Crippen LogP contribution in [-0.2, 0) is 6.54 Å². The Morgan fingerprint density at radius 1 is 1.25 bits per heavy atom. The van der Waals surface area contributed by atoms with E-state index < -0.39 is 11.7 Å². The average Bonchev–Trinajstić information content (AvgIpc) is 2.39. The summed E-state index contributed by atoms with van der Waals surface area (Å²) < 4.78 is 13.6. The molecule has 2 aromatic carbocycles. The average molecular weight is 274 g/mol. The van der Waals surface area contributed by atoms with Gasteiger partial charge in [-0.15, -0.1) is 0 Å². The smallest absolute Gasteiger partial charge is 0.258 e. The molecule has 3 N–H and O–H groups in total. The topological polar surface area (TPSA) is 61.4 Å². The molecule has 0 aromatic heterocycles. The highest BCUT2D eigenvalue weighted by atomic mass is 19.1. The molecule has 0 saturated carbocycles. The molecule has 0 aliphatic heterocycles. The number of aromatic hydroxyl groups is 1. The van der Waals surface area contributed by atoms with Gasteiger partial charge in [0.15, 0.2) is 0 Å². The molecule has 0 heterocycles. The van der Waals surface area contributed by atoms with Crippen LogP contribution in [0, 0.1) is 5.82 Å². The predicted octanol–water partition coefficient (Wildman–Crippen LogP) is 2.50. The van der Waals surface area contributed by atoms with Crippen LogP contribution in [0.4, 0.5) is 10.1 Å². The van der Waals surface area contributed by atoms with E-state index in [0.717, 1.165) is 11.6 Å². The molecule has 0 unspecified atom stereocenters. The number of rotatable bonds is 4. The Bertz CT molecular complexity index is 629. The number of amides is 1. The summed E-state index contributed by atoms with van der Waals surface area (Å²) in [5.41, 5.74) is 1.49. The highest BCUT2D eigenvalue weighted by Gasteiger charge is 2.12. The molecular formula is C15H15FN2O2. The van der Waals surface area contributed by atoms with Crippen LogP contribution in [0.1, 0.15) is 15.9 Å². The number of hydrogen-bond acceptors (Lipinski definition) is 3. The van der Waals surface area contributed by atoms with Crippen LogP contribution in [0.5, 0.6) is 5.75 Å². The minimum absolute atomic E-state index is 0.109. The molecule has 1 amide bonds. The number of nitrogens with one attached hydrogen (secondary N) is 2. The first-order valence-corrected chi connectivity index (χ1v) is 6.13. The first-order valence-electron chi connectivity index (χ1n) is 6.13. The molecule has 0 bridgehead atoms. The maximum absolute atomic E-state index is 13.6. The molecule has 4 nitrogen and oxygen atoms in total. The zero-order valence-electron chi connectivity index (χ0n) is 11.0. The van der Waals surface area contributed by atoms with Gasteiger partial charge in [0.2, 0.25) is 0 Å². The Balaban J connectivity index is 2.17. The summed E-state index contributed by atoms with van der Waals surface area (Å²) in [4.78, 5) is 12.0. The van der Waals surface area contributed by atoms with Crippen molar-refractivity contribution in [3.05, 3.63) is 59.4 Å².